The molecule has 1 N–H and O–H groups in total. The lowest BCUT2D eigenvalue weighted by molar-refractivity contribution is 0.0696. The highest BCUT2D eigenvalue weighted by Gasteiger charge is 2.07. The van der Waals surface area contributed by atoms with Gasteiger partial charge in [-0.25, -0.2) is 4.79 Å². The molecule has 0 saturated heterocycles. The van der Waals surface area contributed by atoms with Crippen molar-refractivity contribution in [3.8, 4) is 11.8 Å². The molecule has 0 saturated carbocycles. The lowest BCUT2D eigenvalue weighted by Gasteiger charge is -2.03. The number of hydrogen-bond donors (Lipinski definition) is 1. The summed E-state index contributed by atoms with van der Waals surface area (Å²) in [6.45, 7) is 3.59. The average Bonchev–Trinajstić information content (AvgIpc) is 2.20. The first kappa shape index (κ1) is 11.7. The molecule has 1 rings (SSSR count). The van der Waals surface area contributed by atoms with Crippen molar-refractivity contribution in [2.45, 2.75) is 18.7 Å². The molecule has 1 aromatic rings. The molecule has 78 valence electrons. The molecular weight excluding hydrogens is 208 g/mol. The van der Waals surface area contributed by atoms with E-state index in [1.54, 1.807) is 31.7 Å². The summed E-state index contributed by atoms with van der Waals surface area (Å²) in [6.07, 6.45) is 0. The van der Waals surface area contributed by atoms with Gasteiger partial charge in [0.05, 0.1) is 11.3 Å². The Kier molecular flexibility index (Phi) is 4.26. The normalized spacial score (nSPS) is 9.20. The highest BCUT2D eigenvalue weighted by molar-refractivity contribution is 7.99. The zero-order valence-electron chi connectivity index (χ0n) is 8.70. The van der Waals surface area contributed by atoms with E-state index in [-0.39, 0.29) is 0 Å². The Morgan fingerprint density at radius 2 is 2.27 bits per heavy atom. The van der Waals surface area contributed by atoms with Crippen LogP contribution in [0.1, 0.15) is 22.8 Å². The van der Waals surface area contributed by atoms with Gasteiger partial charge in [0.2, 0.25) is 0 Å². The summed E-state index contributed by atoms with van der Waals surface area (Å²) >= 11 is 1.55. The number of carboxylic acids is 1. The van der Waals surface area contributed by atoms with Gasteiger partial charge in [-0.15, -0.1) is 17.7 Å². The van der Waals surface area contributed by atoms with Gasteiger partial charge in [0, 0.05) is 4.90 Å². The van der Waals surface area contributed by atoms with Crippen LogP contribution in [-0.2, 0) is 0 Å². The molecule has 0 fully saturated rings. The zero-order chi connectivity index (χ0) is 11.3. The summed E-state index contributed by atoms with van der Waals surface area (Å²) in [4.78, 5) is 11.8. The van der Waals surface area contributed by atoms with Crippen LogP contribution in [0.2, 0.25) is 0 Å². The van der Waals surface area contributed by atoms with Crippen LogP contribution in [0.3, 0.4) is 0 Å². The Labute approximate surface area is 93.7 Å². The second-order valence-corrected chi connectivity index (χ2v) is 4.05. The fraction of sp³-hybridized carbons (Fsp3) is 0.250. The lowest BCUT2D eigenvalue weighted by atomic mass is 10.1. The van der Waals surface area contributed by atoms with Crippen LogP contribution >= 0.6 is 11.8 Å². The molecule has 0 unspecified atom stereocenters. The van der Waals surface area contributed by atoms with Crippen LogP contribution in [0, 0.1) is 18.8 Å². The smallest absolute Gasteiger partial charge is 0.335 e. The zero-order valence-corrected chi connectivity index (χ0v) is 9.52. The average molecular weight is 220 g/mol. The van der Waals surface area contributed by atoms with Crippen molar-refractivity contribution >= 4 is 17.7 Å². The summed E-state index contributed by atoms with van der Waals surface area (Å²) in [5.41, 5.74) is 1.15. The maximum Gasteiger partial charge on any atom is 0.335 e. The van der Waals surface area contributed by atoms with Gasteiger partial charge >= 0.3 is 5.97 Å². The van der Waals surface area contributed by atoms with Crippen molar-refractivity contribution in [2.24, 2.45) is 0 Å². The lowest BCUT2D eigenvalue weighted by Crippen LogP contribution is -1.99. The number of benzene rings is 1. The van der Waals surface area contributed by atoms with Gasteiger partial charge in [-0.05, 0) is 31.5 Å². The maximum absolute atomic E-state index is 10.9. The van der Waals surface area contributed by atoms with E-state index in [1.165, 1.54) is 0 Å². The second kappa shape index (κ2) is 5.47. The van der Waals surface area contributed by atoms with Crippen LogP contribution < -0.4 is 0 Å². The van der Waals surface area contributed by atoms with Crippen LogP contribution in [0.25, 0.3) is 0 Å². The molecule has 0 heterocycles. The van der Waals surface area contributed by atoms with E-state index in [4.69, 9.17) is 5.11 Å². The molecule has 0 atom stereocenters. The summed E-state index contributed by atoms with van der Waals surface area (Å²) in [7, 11) is 0. The first-order valence-corrected chi connectivity index (χ1v) is 5.50. The molecule has 0 bridgehead atoms. The number of rotatable bonds is 3. The monoisotopic (exact) mass is 220 g/mol. The van der Waals surface area contributed by atoms with Gasteiger partial charge in [0.25, 0.3) is 0 Å². The van der Waals surface area contributed by atoms with Gasteiger partial charge < -0.3 is 5.11 Å². The number of aromatic carboxylic acids is 1. The van der Waals surface area contributed by atoms with E-state index in [1.807, 2.05) is 12.1 Å². The first-order chi connectivity index (χ1) is 7.15. The second-order valence-electron chi connectivity index (χ2n) is 3.00. The molecule has 2 nitrogen and oxygen atoms in total. The SMILES string of the molecule is CC#CCSc1ccc(C)c(C(=O)O)c1. The Bertz CT molecular complexity index is 427. The Hall–Kier alpha value is -1.40. The van der Waals surface area contributed by atoms with Crippen LogP contribution in [-0.4, -0.2) is 16.8 Å². The van der Waals surface area contributed by atoms with Gasteiger partial charge in [0.15, 0.2) is 0 Å². The van der Waals surface area contributed by atoms with Crippen molar-refractivity contribution in [3.05, 3.63) is 29.3 Å². The van der Waals surface area contributed by atoms with Gasteiger partial charge in [-0.1, -0.05) is 12.0 Å². The number of aryl methyl sites for hydroxylation is 1. The largest absolute Gasteiger partial charge is 0.478 e. The Morgan fingerprint density at radius 3 is 2.87 bits per heavy atom. The van der Waals surface area contributed by atoms with E-state index in [2.05, 4.69) is 11.8 Å². The molecule has 0 aliphatic heterocycles. The van der Waals surface area contributed by atoms with Crippen molar-refractivity contribution < 1.29 is 9.90 Å². The number of carbonyl (C=O) groups is 1. The minimum Gasteiger partial charge on any atom is -0.478 e. The van der Waals surface area contributed by atoms with Crippen molar-refractivity contribution in [2.75, 3.05) is 5.75 Å². The van der Waals surface area contributed by atoms with Crippen molar-refractivity contribution in [1.29, 1.82) is 0 Å². The van der Waals surface area contributed by atoms with Crippen LogP contribution in [0.5, 0.6) is 0 Å². The van der Waals surface area contributed by atoms with Crippen molar-refractivity contribution in [3.63, 3.8) is 0 Å². The van der Waals surface area contributed by atoms with E-state index in [0.29, 0.717) is 11.3 Å². The molecule has 0 amide bonds. The maximum atomic E-state index is 10.9. The third kappa shape index (κ3) is 3.34. The third-order valence-electron chi connectivity index (χ3n) is 1.93. The molecule has 0 radical (unpaired) electrons. The quantitative estimate of drug-likeness (QED) is 0.628. The highest BCUT2D eigenvalue weighted by atomic mass is 32.2. The summed E-state index contributed by atoms with van der Waals surface area (Å²) < 4.78 is 0. The first-order valence-electron chi connectivity index (χ1n) is 4.51. The third-order valence-corrected chi connectivity index (χ3v) is 2.80. The highest BCUT2D eigenvalue weighted by Crippen LogP contribution is 2.21. The van der Waals surface area contributed by atoms with Crippen LogP contribution in [0.4, 0.5) is 0 Å². The number of thioether (sulfide) groups is 1. The van der Waals surface area contributed by atoms with Crippen LogP contribution in [0.15, 0.2) is 23.1 Å². The topological polar surface area (TPSA) is 37.3 Å². The molecule has 1 aromatic carbocycles. The number of hydrogen-bond acceptors (Lipinski definition) is 2. The van der Waals surface area contributed by atoms with E-state index in [9.17, 15) is 4.79 Å². The van der Waals surface area contributed by atoms with Gasteiger partial charge in [-0.2, -0.15) is 0 Å². The Balaban J connectivity index is 2.86. The summed E-state index contributed by atoms with van der Waals surface area (Å²) in [6, 6.07) is 5.44. The predicted molar refractivity (Wildman–Crippen MR) is 62.3 cm³/mol. The van der Waals surface area contributed by atoms with Crippen molar-refractivity contribution in [1.82, 2.24) is 0 Å². The predicted octanol–water partition coefficient (Wildman–Crippen LogP) is 2.81. The molecule has 0 aliphatic rings. The Morgan fingerprint density at radius 1 is 1.53 bits per heavy atom. The van der Waals surface area contributed by atoms with E-state index in [0.717, 1.165) is 10.5 Å². The molecule has 0 aliphatic carbocycles. The standard InChI is InChI=1S/C12H12O2S/c1-3-4-7-15-10-6-5-9(2)11(8-10)12(13)14/h5-6,8H,7H2,1-2H3,(H,13,14). The fourth-order valence-electron chi connectivity index (χ4n) is 1.11. The van der Waals surface area contributed by atoms with Gasteiger partial charge in [-0.3, -0.25) is 0 Å². The number of carboxylic acid groups (broad SMARTS) is 1. The summed E-state index contributed by atoms with van der Waals surface area (Å²) in [5, 5.41) is 8.92. The minimum absolute atomic E-state index is 0.365. The van der Waals surface area contributed by atoms with Gasteiger partial charge in [0.1, 0.15) is 0 Å². The molecule has 3 heteroatoms. The molecule has 15 heavy (non-hydrogen) atoms. The molecular formula is C12H12O2S. The fourth-order valence-corrected chi connectivity index (χ4v) is 1.86. The van der Waals surface area contributed by atoms with E-state index < -0.39 is 5.97 Å². The summed E-state index contributed by atoms with van der Waals surface area (Å²) in [5.74, 6) is 5.54. The van der Waals surface area contributed by atoms with E-state index >= 15 is 0 Å². The minimum atomic E-state index is -0.878. The molecule has 0 spiro atoms. The molecule has 0 aromatic heterocycles.